The van der Waals surface area contributed by atoms with E-state index in [9.17, 15) is 19.2 Å². The van der Waals surface area contributed by atoms with Gasteiger partial charge in [-0.1, -0.05) is 76.1 Å². The number of carbonyl (C=O) groups excluding carboxylic acids is 4. The number of amides is 4. The molecule has 1 saturated heterocycles. The number of unbranched alkanes of at least 4 members (excludes halogenated alkanes) is 5. The summed E-state index contributed by atoms with van der Waals surface area (Å²) in [5.41, 5.74) is 7.33. The van der Waals surface area contributed by atoms with Crippen LogP contribution >= 0.6 is 11.3 Å². The molecule has 1 fully saturated rings. The van der Waals surface area contributed by atoms with Crippen molar-refractivity contribution in [2.75, 3.05) is 58.1 Å². The van der Waals surface area contributed by atoms with Crippen LogP contribution in [0, 0.1) is 12.3 Å². The van der Waals surface area contributed by atoms with Crippen LogP contribution in [0.4, 0.5) is 5.69 Å². The number of anilines is 1. The third kappa shape index (κ3) is 19.3. The van der Waals surface area contributed by atoms with E-state index in [4.69, 9.17) is 18.9 Å². The standard InChI is InChI=1S/C61H81N11O8S/c1-43(67-58(74)48-18-14-19-49(37-48)63-40-53-69-70-57(71(53)6)51-27-28-62-41-65-51)47-17-15-20-50(38-47)80-32-13-8-7-11-30-77-33-35-79-36-34-78-31-12-9-10-22-54(73)68-56(61(3,4)5)60(76)72-29-16-21-52(72)59(75)64-39-45-23-25-46(26-24-45)55-44(2)66-42-81-55/h14-15,17-20,23-28,37-38,41-43,52,56,63H,7-13,16,21-22,29-36,39-40H2,1-6H3,(H,64,75)(H,67,74)(H,68,73)/t43?,52-,56+/m0/s1. The highest BCUT2D eigenvalue weighted by Crippen LogP contribution is 2.29. The zero-order valence-corrected chi connectivity index (χ0v) is 48.7. The number of benzene rings is 3. The number of hydrogen-bond acceptors (Lipinski definition) is 15. The van der Waals surface area contributed by atoms with Gasteiger partial charge in [0.2, 0.25) is 17.7 Å². The number of carbonyl (C=O) groups is 4. The molecule has 20 heteroatoms. The molecule has 0 spiro atoms. The highest BCUT2D eigenvalue weighted by molar-refractivity contribution is 7.13. The largest absolute Gasteiger partial charge is 0.494 e. The molecule has 0 bridgehead atoms. The topological polar surface area (TPSA) is 226 Å². The van der Waals surface area contributed by atoms with E-state index in [1.807, 2.05) is 118 Å². The summed E-state index contributed by atoms with van der Waals surface area (Å²) in [7, 11) is 1.89. The summed E-state index contributed by atoms with van der Waals surface area (Å²) in [6, 6.07) is 23.5. The molecular formula is C61H81N11O8S. The van der Waals surface area contributed by atoms with Gasteiger partial charge in [-0.2, -0.15) is 0 Å². The van der Waals surface area contributed by atoms with Gasteiger partial charge in [0, 0.05) is 57.2 Å². The second-order valence-corrected chi connectivity index (χ2v) is 22.3. The summed E-state index contributed by atoms with van der Waals surface area (Å²) in [5, 5.41) is 21.1. The van der Waals surface area contributed by atoms with Crippen LogP contribution in [0.1, 0.15) is 131 Å². The van der Waals surface area contributed by atoms with Gasteiger partial charge in [-0.15, -0.1) is 21.5 Å². The lowest BCUT2D eigenvalue weighted by Gasteiger charge is -2.35. The van der Waals surface area contributed by atoms with Crippen LogP contribution in [-0.4, -0.2) is 123 Å². The summed E-state index contributed by atoms with van der Waals surface area (Å²) in [4.78, 5) is 69.1. The van der Waals surface area contributed by atoms with Crippen LogP contribution in [0.15, 0.2) is 96.9 Å². The maximum absolute atomic E-state index is 14.0. The van der Waals surface area contributed by atoms with E-state index in [1.54, 1.807) is 34.6 Å². The molecule has 0 saturated carbocycles. The van der Waals surface area contributed by atoms with Gasteiger partial charge in [-0.3, -0.25) is 19.2 Å². The molecule has 1 aliphatic rings. The number of nitrogens with zero attached hydrogens (tertiary/aromatic N) is 7. The molecule has 81 heavy (non-hydrogen) atoms. The number of ether oxygens (including phenoxy) is 4. The first-order valence-electron chi connectivity index (χ1n) is 28.4. The van der Waals surface area contributed by atoms with Gasteiger partial charge in [0.1, 0.15) is 29.9 Å². The number of hydrogen-bond donors (Lipinski definition) is 4. The van der Waals surface area contributed by atoms with Gasteiger partial charge in [0.05, 0.1) is 61.7 Å². The molecule has 1 unspecified atom stereocenters. The van der Waals surface area contributed by atoms with Gasteiger partial charge in [-0.25, -0.2) is 15.0 Å². The van der Waals surface area contributed by atoms with Crippen molar-refractivity contribution in [1.29, 1.82) is 0 Å². The lowest BCUT2D eigenvalue weighted by Crippen LogP contribution is -2.57. The molecule has 19 nitrogen and oxygen atoms in total. The third-order valence-corrected chi connectivity index (χ3v) is 15.1. The number of rotatable bonds is 33. The summed E-state index contributed by atoms with van der Waals surface area (Å²) in [6.45, 7) is 14.9. The first kappa shape index (κ1) is 61.5. The van der Waals surface area contributed by atoms with Gasteiger partial charge in [0.25, 0.3) is 5.91 Å². The molecule has 1 aliphatic heterocycles. The zero-order valence-electron chi connectivity index (χ0n) is 47.9. The van der Waals surface area contributed by atoms with Crippen LogP contribution in [0.5, 0.6) is 5.75 Å². The second kappa shape index (κ2) is 31.8. The van der Waals surface area contributed by atoms with Gasteiger partial charge < -0.3 is 49.7 Å². The number of thiazole rings is 1. The molecule has 3 atom stereocenters. The van der Waals surface area contributed by atoms with Crippen molar-refractivity contribution in [3.8, 4) is 27.7 Å². The molecule has 0 radical (unpaired) electrons. The van der Waals surface area contributed by atoms with Crippen LogP contribution in [-0.2, 0) is 48.7 Å². The molecule has 434 valence electrons. The first-order chi connectivity index (χ1) is 39.2. The van der Waals surface area contributed by atoms with E-state index >= 15 is 0 Å². The van der Waals surface area contributed by atoms with Crippen molar-refractivity contribution in [3.63, 3.8) is 0 Å². The van der Waals surface area contributed by atoms with E-state index < -0.39 is 17.5 Å². The predicted octanol–water partition coefficient (Wildman–Crippen LogP) is 9.19. The van der Waals surface area contributed by atoms with Gasteiger partial charge in [-0.05, 0) is 117 Å². The van der Waals surface area contributed by atoms with Crippen LogP contribution in [0.25, 0.3) is 22.0 Å². The van der Waals surface area contributed by atoms with Crippen molar-refractivity contribution in [2.45, 2.75) is 130 Å². The van der Waals surface area contributed by atoms with Crippen LogP contribution < -0.4 is 26.0 Å². The van der Waals surface area contributed by atoms with E-state index in [0.717, 1.165) is 89.5 Å². The lowest BCUT2D eigenvalue weighted by molar-refractivity contribution is -0.143. The quantitative estimate of drug-likeness (QED) is 0.0282. The predicted molar refractivity (Wildman–Crippen MR) is 313 cm³/mol. The maximum Gasteiger partial charge on any atom is 0.251 e. The van der Waals surface area contributed by atoms with Crippen molar-refractivity contribution >= 4 is 40.7 Å². The monoisotopic (exact) mass is 1130 g/mol. The highest BCUT2D eigenvalue weighted by atomic mass is 32.1. The number of aromatic nitrogens is 6. The molecule has 3 aromatic heterocycles. The SMILES string of the molecule is Cc1ncsc1-c1ccc(CNC(=O)[C@@H]2CCCN2C(=O)[C@@H](NC(=O)CCCCCOCCOCCOCCCCCCOc2cccc(C(C)NC(=O)c3cccc(NCc4nnc(-c5ccncn5)n4C)c3)c2)C(C)(C)C)cc1. The molecule has 4 amide bonds. The highest BCUT2D eigenvalue weighted by Gasteiger charge is 2.41. The van der Waals surface area contributed by atoms with Crippen molar-refractivity contribution in [3.05, 3.63) is 125 Å². The molecular weight excluding hydrogens is 1050 g/mol. The third-order valence-electron chi connectivity index (χ3n) is 14.1. The number of nitrogens with one attached hydrogen (secondary N) is 4. The Morgan fingerprint density at radius 1 is 0.778 bits per heavy atom. The fourth-order valence-electron chi connectivity index (χ4n) is 9.42. The van der Waals surface area contributed by atoms with E-state index in [-0.39, 0.29) is 29.7 Å². The molecule has 3 aromatic carbocycles. The van der Waals surface area contributed by atoms with Crippen molar-refractivity contribution in [2.24, 2.45) is 12.5 Å². The molecule has 6 aromatic rings. The molecule has 7 rings (SSSR count). The summed E-state index contributed by atoms with van der Waals surface area (Å²) >= 11 is 1.60. The van der Waals surface area contributed by atoms with E-state index in [1.165, 1.54) is 6.33 Å². The summed E-state index contributed by atoms with van der Waals surface area (Å²) in [5.74, 6) is 1.40. The average Bonchev–Trinajstić information content (AvgIpc) is 4.39. The minimum atomic E-state index is -0.748. The van der Waals surface area contributed by atoms with Crippen LogP contribution in [0.2, 0.25) is 0 Å². The second-order valence-electron chi connectivity index (χ2n) is 21.4. The van der Waals surface area contributed by atoms with E-state index in [2.05, 4.69) is 46.4 Å². The Bertz CT molecular complexity index is 2910. The van der Waals surface area contributed by atoms with Gasteiger partial charge in [0.15, 0.2) is 11.6 Å². The summed E-state index contributed by atoms with van der Waals surface area (Å²) < 4.78 is 25.1. The average molecular weight is 1130 g/mol. The Morgan fingerprint density at radius 2 is 1.49 bits per heavy atom. The molecule has 4 N–H and O–H groups in total. The number of aryl methyl sites for hydroxylation is 1. The Labute approximate surface area is 480 Å². The Balaban J connectivity index is 0.662. The first-order valence-corrected chi connectivity index (χ1v) is 29.3. The number of likely N-dealkylation sites (tertiary alicyclic amines) is 1. The zero-order chi connectivity index (χ0) is 57.4. The van der Waals surface area contributed by atoms with Crippen LogP contribution in [0.3, 0.4) is 0 Å². The fraction of sp³-hybridized carbons (Fsp3) is 0.492. The summed E-state index contributed by atoms with van der Waals surface area (Å²) in [6.07, 6.45) is 11.0. The maximum atomic E-state index is 14.0. The Kier molecular flexibility index (Phi) is 24.1. The van der Waals surface area contributed by atoms with Crippen molar-refractivity contribution < 1.29 is 38.1 Å². The van der Waals surface area contributed by atoms with E-state index in [0.29, 0.717) is 102 Å². The Hall–Kier alpha value is -7.13. The molecule has 4 heterocycles. The Morgan fingerprint density at radius 3 is 2.20 bits per heavy atom. The minimum absolute atomic E-state index is 0.168. The van der Waals surface area contributed by atoms with Gasteiger partial charge >= 0.3 is 0 Å². The minimum Gasteiger partial charge on any atom is -0.494 e. The van der Waals surface area contributed by atoms with Crippen molar-refractivity contribution in [1.82, 2.24) is 50.6 Å². The fourth-order valence-corrected chi connectivity index (χ4v) is 10.2. The normalized spacial score (nSPS) is 14.1. The lowest BCUT2D eigenvalue weighted by atomic mass is 9.85. The smallest absolute Gasteiger partial charge is 0.251 e. The molecule has 0 aliphatic carbocycles.